The minimum Gasteiger partial charge on any atom is -0.497 e. The van der Waals surface area contributed by atoms with Crippen LogP contribution < -0.4 is 20.7 Å². The fourth-order valence-corrected chi connectivity index (χ4v) is 3.78. The van der Waals surface area contributed by atoms with Gasteiger partial charge in [-0.25, -0.2) is 0 Å². The molecule has 2 amide bonds. The van der Waals surface area contributed by atoms with Crippen molar-refractivity contribution in [2.45, 2.75) is 38.5 Å². The number of rotatable bonds is 6. The minimum atomic E-state index is -0.209. The van der Waals surface area contributed by atoms with Gasteiger partial charge in [0.1, 0.15) is 5.75 Å². The van der Waals surface area contributed by atoms with Crippen LogP contribution >= 0.6 is 12.2 Å². The second kappa shape index (κ2) is 10.7. The normalized spacial score (nSPS) is 13.9. The van der Waals surface area contributed by atoms with Crippen LogP contribution in [0.15, 0.2) is 48.5 Å². The first-order valence-corrected chi connectivity index (χ1v) is 10.6. The Bertz CT molecular complexity index is 893. The number of benzene rings is 2. The molecule has 2 aromatic rings. The Morgan fingerprint density at radius 3 is 2.33 bits per heavy atom. The van der Waals surface area contributed by atoms with E-state index >= 15 is 0 Å². The van der Waals surface area contributed by atoms with E-state index in [1.165, 1.54) is 6.42 Å². The lowest BCUT2D eigenvalue weighted by molar-refractivity contribution is -0.121. The summed E-state index contributed by atoms with van der Waals surface area (Å²) in [5, 5.41) is 8.88. The Morgan fingerprint density at radius 1 is 1.00 bits per heavy atom. The molecule has 0 atom stereocenters. The van der Waals surface area contributed by atoms with Crippen molar-refractivity contribution in [2.75, 3.05) is 17.7 Å². The topological polar surface area (TPSA) is 79.5 Å². The number of amides is 2. The van der Waals surface area contributed by atoms with Gasteiger partial charge in [0, 0.05) is 17.3 Å². The summed E-state index contributed by atoms with van der Waals surface area (Å²) >= 11 is 5.25. The van der Waals surface area contributed by atoms with E-state index < -0.39 is 0 Å². The fraction of sp³-hybridized carbons (Fsp3) is 0.348. The molecule has 1 fully saturated rings. The van der Waals surface area contributed by atoms with Crippen molar-refractivity contribution in [3.8, 4) is 5.75 Å². The number of anilines is 2. The lowest BCUT2D eigenvalue weighted by Crippen LogP contribution is -2.35. The van der Waals surface area contributed by atoms with E-state index in [0.717, 1.165) is 37.0 Å². The number of methoxy groups -OCH3 is 1. The quantitative estimate of drug-likeness (QED) is 0.603. The number of ether oxygens (including phenoxy) is 1. The molecule has 0 unspecified atom stereocenters. The SMILES string of the molecule is COc1ccc(CC(=O)NC(=S)Nc2cccc(NC(=O)C3CCCCC3)c2)cc1. The van der Waals surface area contributed by atoms with Crippen LogP contribution in [-0.4, -0.2) is 24.0 Å². The van der Waals surface area contributed by atoms with Gasteiger partial charge >= 0.3 is 0 Å². The lowest BCUT2D eigenvalue weighted by Gasteiger charge is -2.21. The van der Waals surface area contributed by atoms with Crippen molar-refractivity contribution < 1.29 is 14.3 Å². The standard InChI is InChI=1S/C23H27N3O3S/c1-29-20-12-10-16(11-13-20)14-21(27)26-23(30)25-19-9-5-8-18(15-19)24-22(28)17-6-3-2-4-7-17/h5,8-13,15,17H,2-4,6-7,14H2,1H3,(H,24,28)(H2,25,26,27,30). The fourth-order valence-electron chi connectivity index (χ4n) is 3.55. The number of nitrogens with one attached hydrogen (secondary N) is 3. The van der Waals surface area contributed by atoms with Crippen LogP contribution in [0.4, 0.5) is 11.4 Å². The molecule has 1 aliphatic carbocycles. The molecule has 0 spiro atoms. The number of thiocarbonyl (C=S) groups is 1. The van der Waals surface area contributed by atoms with Gasteiger partial charge in [-0.2, -0.15) is 0 Å². The molecule has 1 saturated carbocycles. The number of hydrogen-bond donors (Lipinski definition) is 3. The van der Waals surface area contributed by atoms with Crippen LogP contribution in [0.5, 0.6) is 5.75 Å². The first-order valence-electron chi connectivity index (χ1n) is 10.2. The number of carbonyl (C=O) groups is 2. The van der Waals surface area contributed by atoms with Gasteiger partial charge in [0.25, 0.3) is 0 Å². The van der Waals surface area contributed by atoms with Gasteiger partial charge in [0.2, 0.25) is 11.8 Å². The summed E-state index contributed by atoms with van der Waals surface area (Å²) in [5.41, 5.74) is 2.28. The number of hydrogen-bond acceptors (Lipinski definition) is 4. The summed E-state index contributed by atoms with van der Waals surface area (Å²) in [6, 6.07) is 14.6. The second-order valence-corrected chi connectivity index (χ2v) is 7.84. The third-order valence-corrected chi connectivity index (χ3v) is 5.34. The molecule has 0 saturated heterocycles. The van der Waals surface area contributed by atoms with E-state index in [-0.39, 0.29) is 29.3 Å². The van der Waals surface area contributed by atoms with Gasteiger partial charge in [-0.05, 0) is 61.0 Å². The monoisotopic (exact) mass is 425 g/mol. The Kier molecular flexibility index (Phi) is 7.79. The van der Waals surface area contributed by atoms with Crippen molar-refractivity contribution in [3.05, 3.63) is 54.1 Å². The summed E-state index contributed by atoms with van der Waals surface area (Å²) < 4.78 is 5.12. The molecular formula is C23H27N3O3S. The van der Waals surface area contributed by atoms with Crippen LogP contribution in [0.2, 0.25) is 0 Å². The highest BCUT2D eigenvalue weighted by atomic mass is 32.1. The van der Waals surface area contributed by atoms with Gasteiger partial charge in [-0.15, -0.1) is 0 Å². The van der Waals surface area contributed by atoms with Crippen molar-refractivity contribution in [3.63, 3.8) is 0 Å². The highest BCUT2D eigenvalue weighted by Crippen LogP contribution is 2.25. The maximum atomic E-state index is 12.4. The summed E-state index contributed by atoms with van der Waals surface area (Å²) in [7, 11) is 1.60. The molecule has 158 valence electrons. The van der Waals surface area contributed by atoms with E-state index in [2.05, 4.69) is 16.0 Å². The molecule has 30 heavy (non-hydrogen) atoms. The molecule has 1 aliphatic rings. The largest absolute Gasteiger partial charge is 0.497 e. The minimum absolute atomic E-state index is 0.0715. The zero-order valence-corrected chi connectivity index (χ0v) is 17.9. The molecule has 3 rings (SSSR count). The van der Waals surface area contributed by atoms with Gasteiger partial charge in [0.05, 0.1) is 13.5 Å². The van der Waals surface area contributed by atoms with E-state index in [1.54, 1.807) is 7.11 Å². The van der Waals surface area contributed by atoms with E-state index in [0.29, 0.717) is 11.4 Å². The van der Waals surface area contributed by atoms with Crippen molar-refractivity contribution >= 4 is 40.5 Å². The Hall–Kier alpha value is -2.93. The molecule has 3 N–H and O–H groups in total. The molecule has 0 heterocycles. The molecule has 0 aliphatic heterocycles. The maximum Gasteiger partial charge on any atom is 0.230 e. The smallest absolute Gasteiger partial charge is 0.230 e. The van der Waals surface area contributed by atoms with Crippen molar-refractivity contribution in [2.24, 2.45) is 5.92 Å². The Morgan fingerprint density at radius 2 is 1.67 bits per heavy atom. The summed E-state index contributed by atoms with van der Waals surface area (Å²) in [5.74, 6) is 0.696. The van der Waals surface area contributed by atoms with Crippen LogP contribution in [0, 0.1) is 5.92 Å². The molecule has 0 radical (unpaired) electrons. The molecule has 0 aromatic heterocycles. The average molecular weight is 426 g/mol. The lowest BCUT2D eigenvalue weighted by atomic mass is 9.88. The summed E-state index contributed by atoms with van der Waals surface area (Å²) in [6.07, 6.45) is 5.56. The highest BCUT2D eigenvalue weighted by Gasteiger charge is 2.21. The summed E-state index contributed by atoms with van der Waals surface area (Å²) in [4.78, 5) is 24.7. The van der Waals surface area contributed by atoms with Gasteiger partial charge in [-0.1, -0.05) is 37.5 Å². The zero-order valence-electron chi connectivity index (χ0n) is 17.1. The van der Waals surface area contributed by atoms with E-state index in [9.17, 15) is 9.59 Å². The predicted molar refractivity (Wildman–Crippen MR) is 123 cm³/mol. The Balaban J connectivity index is 1.50. The first-order chi connectivity index (χ1) is 14.5. The first kappa shape index (κ1) is 21.8. The van der Waals surface area contributed by atoms with E-state index in [4.69, 9.17) is 17.0 Å². The van der Waals surface area contributed by atoms with Crippen molar-refractivity contribution in [1.82, 2.24) is 5.32 Å². The highest BCUT2D eigenvalue weighted by molar-refractivity contribution is 7.80. The Labute approximate surface area is 182 Å². The van der Waals surface area contributed by atoms with Gasteiger partial charge < -0.3 is 20.7 Å². The van der Waals surface area contributed by atoms with Crippen LogP contribution in [0.1, 0.15) is 37.7 Å². The molecule has 0 bridgehead atoms. The van der Waals surface area contributed by atoms with Crippen LogP contribution in [0.25, 0.3) is 0 Å². The summed E-state index contributed by atoms with van der Waals surface area (Å²) in [6.45, 7) is 0. The van der Waals surface area contributed by atoms with Crippen molar-refractivity contribution in [1.29, 1.82) is 0 Å². The van der Waals surface area contributed by atoms with Crippen LogP contribution in [0.3, 0.4) is 0 Å². The molecular weight excluding hydrogens is 398 g/mol. The molecule has 2 aromatic carbocycles. The third-order valence-electron chi connectivity index (χ3n) is 5.14. The average Bonchev–Trinajstić information content (AvgIpc) is 2.75. The maximum absolute atomic E-state index is 12.4. The predicted octanol–water partition coefficient (Wildman–Crippen LogP) is 4.27. The van der Waals surface area contributed by atoms with Crippen LogP contribution in [-0.2, 0) is 16.0 Å². The van der Waals surface area contributed by atoms with Gasteiger partial charge in [0.15, 0.2) is 5.11 Å². The zero-order chi connectivity index (χ0) is 21.3. The number of carbonyl (C=O) groups excluding carboxylic acids is 2. The second-order valence-electron chi connectivity index (χ2n) is 7.43. The molecule has 7 heteroatoms. The van der Waals surface area contributed by atoms with E-state index in [1.807, 2.05) is 48.5 Å². The third kappa shape index (κ3) is 6.56. The van der Waals surface area contributed by atoms with Gasteiger partial charge in [-0.3, -0.25) is 9.59 Å². The molecule has 6 nitrogen and oxygen atoms in total.